The van der Waals surface area contributed by atoms with Crippen molar-refractivity contribution in [2.45, 2.75) is 0 Å². The Kier molecular flexibility index (Phi) is 3.33. The highest BCUT2D eigenvalue weighted by atomic mass is 35.5. The monoisotopic (exact) mass is 233 g/mol. The van der Waals surface area contributed by atoms with Crippen LogP contribution in [0.3, 0.4) is 0 Å². The summed E-state index contributed by atoms with van der Waals surface area (Å²) in [7, 11) is 0. The topological polar surface area (TPSA) is 63.4 Å². The van der Waals surface area contributed by atoms with Crippen molar-refractivity contribution >= 4 is 29.3 Å². The number of rotatable bonds is 2. The predicted octanol–water partition coefficient (Wildman–Crippen LogP) is 2.95. The molecule has 6 heteroatoms. The molecule has 0 bridgehead atoms. The third kappa shape index (κ3) is 2.61. The highest BCUT2D eigenvalue weighted by Gasteiger charge is 2.05. The first-order valence-electron chi connectivity index (χ1n) is 3.50. The largest absolute Gasteiger partial charge is 0.505 e. The summed E-state index contributed by atoms with van der Waals surface area (Å²) in [6.45, 7) is 0. The van der Waals surface area contributed by atoms with E-state index in [0.29, 0.717) is 5.56 Å². The van der Waals surface area contributed by atoms with E-state index in [1.807, 2.05) is 0 Å². The minimum atomic E-state index is -0.603. The molecule has 0 aliphatic carbocycles. The molecule has 0 aliphatic heterocycles. The van der Waals surface area contributed by atoms with Gasteiger partial charge in [-0.15, -0.1) is 0 Å². The van der Waals surface area contributed by atoms with E-state index in [1.165, 1.54) is 18.2 Å². The van der Waals surface area contributed by atoms with Crippen molar-refractivity contribution in [1.82, 2.24) is 0 Å². The molecule has 0 fully saturated rings. The van der Waals surface area contributed by atoms with E-state index in [4.69, 9.17) is 23.2 Å². The van der Waals surface area contributed by atoms with Crippen LogP contribution in [-0.2, 0) is 0 Å². The van der Waals surface area contributed by atoms with E-state index < -0.39 is 4.92 Å². The van der Waals surface area contributed by atoms with Crippen molar-refractivity contribution < 1.29 is 10.0 Å². The molecule has 1 aromatic rings. The van der Waals surface area contributed by atoms with Gasteiger partial charge in [-0.2, -0.15) is 0 Å². The zero-order valence-corrected chi connectivity index (χ0v) is 8.29. The molecule has 0 aromatic heterocycles. The summed E-state index contributed by atoms with van der Waals surface area (Å²) in [5, 5.41) is 19.3. The molecule has 1 rings (SSSR count). The lowest BCUT2D eigenvalue weighted by Crippen LogP contribution is -1.83. The third-order valence-electron chi connectivity index (χ3n) is 1.43. The Hall–Kier alpha value is -1.26. The van der Waals surface area contributed by atoms with Crippen molar-refractivity contribution in [3.8, 4) is 5.75 Å². The highest BCUT2D eigenvalue weighted by Crippen LogP contribution is 2.32. The van der Waals surface area contributed by atoms with Crippen molar-refractivity contribution in [3.05, 3.63) is 44.1 Å². The molecule has 14 heavy (non-hydrogen) atoms. The van der Waals surface area contributed by atoms with Crippen molar-refractivity contribution in [3.63, 3.8) is 0 Å². The molecular formula is C8H5Cl2NO3. The number of halogens is 2. The number of benzene rings is 1. The molecule has 0 unspecified atom stereocenters. The summed E-state index contributed by atoms with van der Waals surface area (Å²) in [6, 6.07) is 2.76. The Morgan fingerprint density at radius 3 is 2.29 bits per heavy atom. The quantitative estimate of drug-likeness (QED) is 0.631. The molecule has 0 aliphatic rings. The average molecular weight is 234 g/mol. The summed E-state index contributed by atoms with van der Waals surface area (Å²) < 4.78 is 0. The number of aromatic hydroxyl groups is 1. The van der Waals surface area contributed by atoms with Gasteiger partial charge in [-0.05, 0) is 17.7 Å². The number of hydrogen-bond donors (Lipinski definition) is 1. The molecule has 0 saturated heterocycles. The fraction of sp³-hybridized carbons (Fsp3) is 0. The zero-order valence-electron chi connectivity index (χ0n) is 6.78. The summed E-state index contributed by atoms with van der Waals surface area (Å²) in [4.78, 5) is 9.41. The maximum atomic E-state index is 10.0. The molecule has 74 valence electrons. The maximum Gasteiger partial charge on any atom is 0.235 e. The molecule has 4 nitrogen and oxygen atoms in total. The lowest BCUT2D eigenvalue weighted by atomic mass is 10.2. The van der Waals surface area contributed by atoms with Crippen molar-refractivity contribution in [2.75, 3.05) is 0 Å². The third-order valence-corrected chi connectivity index (χ3v) is 2.00. The normalized spacial score (nSPS) is 10.7. The molecule has 0 atom stereocenters. The Balaban J connectivity index is 3.07. The molecule has 1 N–H and O–H groups in total. The summed E-state index contributed by atoms with van der Waals surface area (Å²) in [5.74, 6) is -0.230. The van der Waals surface area contributed by atoms with Gasteiger partial charge in [-0.1, -0.05) is 23.2 Å². The van der Waals surface area contributed by atoms with Crippen LogP contribution in [0, 0.1) is 10.1 Å². The Labute approximate surface area is 89.5 Å². The summed E-state index contributed by atoms with van der Waals surface area (Å²) >= 11 is 11.2. The maximum absolute atomic E-state index is 10.0. The Morgan fingerprint density at radius 1 is 1.36 bits per heavy atom. The predicted molar refractivity (Wildman–Crippen MR) is 54.2 cm³/mol. The molecule has 0 amide bonds. The van der Waals surface area contributed by atoms with Crippen LogP contribution < -0.4 is 0 Å². The molecule has 0 spiro atoms. The lowest BCUT2D eigenvalue weighted by Gasteiger charge is -2.00. The second kappa shape index (κ2) is 4.30. The standard InChI is InChI=1S/C8H5Cl2NO3/c9-6-3-5(1-2-11(13)14)4-7(10)8(6)12/h1-4,12H. The molecule has 1 aromatic carbocycles. The fourth-order valence-electron chi connectivity index (χ4n) is 0.828. The second-order valence-corrected chi connectivity index (χ2v) is 3.25. The minimum absolute atomic E-state index is 0.0560. The van der Waals surface area contributed by atoms with Crippen LogP contribution in [0.1, 0.15) is 5.56 Å². The average Bonchev–Trinajstić information content (AvgIpc) is 2.10. The number of phenolic OH excluding ortho intramolecular Hbond substituents is 1. The Bertz CT molecular complexity index is 381. The van der Waals surface area contributed by atoms with Crippen LogP contribution >= 0.6 is 23.2 Å². The van der Waals surface area contributed by atoms with Crippen LogP contribution in [0.4, 0.5) is 0 Å². The van der Waals surface area contributed by atoms with Crippen LogP contribution in [0.2, 0.25) is 10.0 Å². The van der Waals surface area contributed by atoms with E-state index in [-0.39, 0.29) is 15.8 Å². The van der Waals surface area contributed by atoms with Gasteiger partial charge in [0, 0.05) is 6.08 Å². The fourth-order valence-corrected chi connectivity index (χ4v) is 1.33. The van der Waals surface area contributed by atoms with Crippen LogP contribution in [-0.4, -0.2) is 10.0 Å². The van der Waals surface area contributed by atoms with Gasteiger partial charge >= 0.3 is 0 Å². The van der Waals surface area contributed by atoms with Gasteiger partial charge < -0.3 is 5.11 Å². The number of phenols is 1. The van der Waals surface area contributed by atoms with Crippen LogP contribution in [0.15, 0.2) is 18.3 Å². The van der Waals surface area contributed by atoms with E-state index in [2.05, 4.69) is 0 Å². The molecular weight excluding hydrogens is 229 g/mol. The van der Waals surface area contributed by atoms with Crippen LogP contribution in [0.25, 0.3) is 6.08 Å². The van der Waals surface area contributed by atoms with E-state index in [9.17, 15) is 15.2 Å². The van der Waals surface area contributed by atoms with Gasteiger partial charge in [0.05, 0.1) is 15.0 Å². The summed E-state index contributed by atoms with van der Waals surface area (Å²) in [6.07, 6.45) is 2.00. The number of hydrogen-bond acceptors (Lipinski definition) is 3. The van der Waals surface area contributed by atoms with Gasteiger partial charge in [0.25, 0.3) is 0 Å². The number of nitrogens with zero attached hydrogens (tertiary/aromatic N) is 1. The van der Waals surface area contributed by atoms with E-state index in [1.54, 1.807) is 0 Å². The van der Waals surface area contributed by atoms with Crippen LogP contribution in [0.5, 0.6) is 5.75 Å². The second-order valence-electron chi connectivity index (χ2n) is 2.43. The molecule has 0 heterocycles. The zero-order chi connectivity index (χ0) is 10.7. The highest BCUT2D eigenvalue weighted by molar-refractivity contribution is 6.37. The van der Waals surface area contributed by atoms with Gasteiger partial charge in [0.2, 0.25) is 6.20 Å². The molecule has 0 radical (unpaired) electrons. The lowest BCUT2D eigenvalue weighted by molar-refractivity contribution is -0.400. The number of nitro groups is 1. The van der Waals surface area contributed by atoms with Crippen molar-refractivity contribution in [2.24, 2.45) is 0 Å². The summed E-state index contributed by atoms with van der Waals surface area (Å²) in [5.41, 5.74) is 0.453. The van der Waals surface area contributed by atoms with Gasteiger partial charge in [0.15, 0.2) is 5.75 Å². The smallest absolute Gasteiger partial charge is 0.235 e. The minimum Gasteiger partial charge on any atom is -0.505 e. The first kappa shape index (κ1) is 10.8. The van der Waals surface area contributed by atoms with Gasteiger partial charge in [0.1, 0.15) is 0 Å². The van der Waals surface area contributed by atoms with Gasteiger partial charge in [-0.25, -0.2) is 0 Å². The Morgan fingerprint density at radius 2 is 1.86 bits per heavy atom. The van der Waals surface area contributed by atoms with E-state index >= 15 is 0 Å². The van der Waals surface area contributed by atoms with Crippen molar-refractivity contribution in [1.29, 1.82) is 0 Å². The van der Waals surface area contributed by atoms with E-state index in [0.717, 1.165) is 6.20 Å². The first-order valence-corrected chi connectivity index (χ1v) is 4.26. The molecule has 0 saturated carbocycles. The SMILES string of the molecule is O=[N+]([O-])C=Cc1cc(Cl)c(O)c(Cl)c1. The van der Waals surface area contributed by atoms with Gasteiger partial charge in [-0.3, -0.25) is 10.1 Å². The first-order chi connectivity index (χ1) is 6.50.